The Bertz CT molecular complexity index is 1110. The lowest BCUT2D eigenvalue weighted by Gasteiger charge is -2.34. The molecule has 1 atom stereocenters. The molecule has 1 unspecified atom stereocenters. The molecule has 7 nitrogen and oxygen atoms in total. The molecule has 7 heteroatoms. The molecular weight excluding hydrogens is 392 g/mol. The highest BCUT2D eigenvalue weighted by Crippen LogP contribution is 2.34. The number of carbonyl (C=O) groups is 2. The van der Waals surface area contributed by atoms with Crippen molar-refractivity contribution in [2.45, 2.75) is 26.4 Å². The third-order valence-corrected chi connectivity index (χ3v) is 5.59. The van der Waals surface area contributed by atoms with E-state index in [0.29, 0.717) is 29.2 Å². The summed E-state index contributed by atoms with van der Waals surface area (Å²) in [6.45, 7) is 4.33. The monoisotopic (exact) mass is 418 g/mol. The van der Waals surface area contributed by atoms with Crippen molar-refractivity contribution in [3.8, 4) is 5.75 Å². The Kier molecular flexibility index (Phi) is 5.75. The smallest absolute Gasteiger partial charge is 0.262 e. The molecule has 0 radical (unpaired) electrons. The van der Waals surface area contributed by atoms with E-state index in [1.807, 2.05) is 69.4 Å². The second-order valence-corrected chi connectivity index (χ2v) is 7.69. The Morgan fingerprint density at radius 2 is 1.81 bits per heavy atom. The maximum absolute atomic E-state index is 13.5. The Hall–Kier alpha value is -3.61. The van der Waals surface area contributed by atoms with Crippen molar-refractivity contribution in [1.82, 2.24) is 15.1 Å². The van der Waals surface area contributed by atoms with Crippen LogP contribution in [0.25, 0.3) is 0 Å². The van der Waals surface area contributed by atoms with Gasteiger partial charge in [-0.2, -0.15) is 5.10 Å². The van der Waals surface area contributed by atoms with Gasteiger partial charge in [0.15, 0.2) is 6.10 Å². The number of carbonyl (C=O) groups excluding carboxylic acids is 2. The van der Waals surface area contributed by atoms with Gasteiger partial charge >= 0.3 is 0 Å². The summed E-state index contributed by atoms with van der Waals surface area (Å²) in [4.78, 5) is 27.9. The predicted molar refractivity (Wildman–Crippen MR) is 118 cm³/mol. The molecule has 1 aromatic heterocycles. The number of ether oxygens (including phenoxy) is 1. The molecule has 0 fully saturated rings. The fraction of sp³-hybridized carbons (Fsp3) is 0.292. The minimum atomic E-state index is -0.785. The zero-order chi connectivity index (χ0) is 22.0. The van der Waals surface area contributed by atoms with Gasteiger partial charge in [-0.25, -0.2) is 0 Å². The third-order valence-electron chi connectivity index (χ3n) is 5.59. The van der Waals surface area contributed by atoms with Crippen molar-refractivity contribution in [3.05, 3.63) is 77.1 Å². The molecule has 1 aliphatic heterocycles. The van der Waals surface area contributed by atoms with Crippen LogP contribution in [0.1, 0.15) is 27.3 Å². The second kappa shape index (κ2) is 8.63. The number of rotatable bonds is 5. The summed E-state index contributed by atoms with van der Waals surface area (Å²) in [6, 6.07) is 17.3. The van der Waals surface area contributed by atoms with Gasteiger partial charge in [-0.15, -0.1) is 0 Å². The van der Waals surface area contributed by atoms with Crippen LogP contribution >= 0.6 is 0 Å². The molecule has 2 amide bonds. The van der Waals surface area contributed by atoms with Gasteiger partial charge in [0.05, 0.1) is 23.5 Å². The molecule has 0 saturated heterocycles. The number of fused-ring (bicyclic) bond motifs is 1. The van der Waals surface area contributed by atoms with E-state index in [2.05, 4.69) is 10.4 Å². The third kappa shape index (κ3) is 4.17. The zero-order valence-corrected chi connectivity index (χ0v) is 18.0. The first-order chi connectivity index (χ1) is 15.0. The summed E-state index contributed by atoms with van der Waals surface area (Å²) in [7, 11) is 1.81. The molecule has 160 valence electrons. The van der Waals surface area contributed by atoms with Crippen LogP contribution in [0.15, 0.2) is 54.6 Å². The lowest BCUT2D eigenvalue weighted by Crippen LogP contribution is -2.51. The minimum Gasteiger partial charge on any atom is -0.477 e. The highest BCUT2D eigenvalue weighted by atomic mass is 16.5. The molecule has 0 bridgehead atoms. The molecule has 0 saturated carbocycles. The van der Waals surface area contributed by atoms with E-state index < -0.39 is 6.10 Å². The van der Waals surface area contributed by atoms with Crippen molar-refractivity contribution in [2.75, 3.05) is 18.0 Å². The number of para-hydroxylation sites is 2. The van der Waals surface area contributed by atoms with Crippen LogP contribution in [-0.2, 0) is 18.3 Å². The predicted octanol–water partition coefficient (Wildman–Crippen LogP) is 2.80. The molecule has 1 aliphatic rings. The first-order valence-corrected chi connectivity index (χ1v) is 10.3. The van der Waals surface area contributed by atoms with Crippen molar-refractivity contribution >= 4 is 17.5 Å². The van der Waals surface area contributed by atoms with Gasteiger partial charge in [0, 0.05) is 19.3 Å². The van der Waals surface area contributed by atoms with Crippen LogP contribution in [0.5, 0.6) is 5.75 Å². The van der Waals surface area contributed by atoms with Gasteiger partial charge in [-0.3, -0.25) is 14.3 Å². The number of nitrogens with one attached hydrogen (secondary N) is 1. The maximum Gasteiger partial charge on any atom is 0.262 e. The van der Waals surface area contributed by atoms with Gasteiger partial charge in [0.2, 0.25) is 0 Å². The summed E-state index contributed by atoms with van der Waals surface area (Å²) in [5.74, 6) is 0.105. The summed E-state index contributed by atoms with van der Waals surface area (Å²) in [5, 5.41) is 7.30. The lowest BCUT2D eigenvalue weighted by molar-refractivity contribution is -0.127. The molecule has 31 heavy (non-hydrogen) atoms. The summed E-state index contributed by atoms with van der Waals surface area (Å²) >= 11 is 0. The molecule has 3 aromatic rings. The van der Waals surface area contributed by atoms with E-state index in [-0.39, 0.29) is 18.4 Å². The number of amides is 2. The molecule has 0 aliphatic carbocycles. The number of aromatic nitrogens is 2. The van der Waals surface area contributed by atoms with Crippen LogP contribution in [0.3, 0.4) is 0 Å². The van der Waals surface area contributed by atoms with Gasteiger partial charge < -0.3 is 15.0 Å². The quantitative estimate of drug-likeness (QED) is 0.691. The fourth-order valence-corrected chi connectivity index (χ4v) is 3.87. The lowest BCUT2D eigenvalue weighted by atomic mass is 10.1. The van der Waals surface area contributed by atoms with Crippen LogP contribution in [-0.4, -0.2) is 40.8 Å². The summed E-state index contributed by atoms with van der Waals surface area (Å²) in [6.07, 6.45) is -0.0565. The first kappa shape index (κ1) is 20.7. The molecule has 2 heterocycles. The highest BCUT2D eigenvalue weighted by Gasteiger charge is 2.35. The van der Waals surface area contributed by atoms with Crippen LogP contribution in [0.4, 0.5) is 5.69 Å². The number of hydrogen-bond acceptors (Lipinski definition) is 4. The Morgan fingerprint density at radius 3 is 2.52 bits per heavy atom. The van der Waals surface area contributed by atoms with E-state index in [4.69, 9.17) is 4.74 Å². The second-order valence-electron chi connectivity index (χ2n) is 7.69. The van der Waals surface area contributed by atoms with E-state index in [0.717, 1.165) is 17.7 Å². The Labute approximate surface area is 181 Å². The van der Waals surface area contributed by atoms with Crippen LogP contribution in [0, 0.1) is 13.8 Å². The van der Waals surface area contributed by atoms with Gasteiger partial charge in [-0.1, -0.05) is 42.5 Å². The first-order valence-electron chi connectivity index (χ1n) is 10.3. The molecule has 4 rings (SSSR count). The fourth-order valence-electron chi connectivity index (χ4n) is 3.87. The van der Waals surface area contributed by atoms with E-state index in [1.54, 1.807) is 15.6 Å². The summed E-state index contributed by atoms with van der Waals surface area (Å²) in [5.41, 5.74) is 3.82. The van der Waals surface area contributed by atoms with Crippen molar-refractivity contribution in [2.24, 2.45) is 7.05 Å². The van der Waals surface area contributed by atoms with Crippen molar-refractivity contribution < 1.29 is 14.3 Å². The standard InChI is InChI=1S/C24H26N4O3/c1-16-22(17(2)27(3)26-16)24(30)28-15-21(31-20-12-8-7-11-19(20)28)23(29)25-14-13-18-9-5-4-6-10-18/h4-12,21H,13-15H2,1-3H3,(H,25,29). The average molecular weight is 418 g/mol. The van der Waals surface area contributed by atoms with Crippen molar-refractivity contribution in [1.29, 1.82) is 0 Å². The number of hydrogen-bond donors (Lipinski definition) is 1. The van der Waals surface area contributed by atoms with Crippen molar-refractivity contribution in [3.63, 3.8) is 0 Å². The van der Waals surface area contributed by atoms with Gasteiger partial charge in [0.25, 0.3) is 11.8 Å². The topological polar surface area (TPSA) is 76.5 Å². The maximum atomic E-state index is 13.5. The van der Waals surface area contributed by atoms with E-state index >= 15 is 0 Å². The highest BCUT2D eigenvalue weighted by molar-refractivity contribution is 6.09. The molecular formula is C24H26N4O3. The SMILES string of the molecule is Cc1nn(C)c(C)c1C(=O)N1CC(C(=O)NCCc2ccccc2)Oc2ccccc21. The normalized spacial score (nSPS) is 15.2. The van der Waals surface area contributed by atoms with E-state index in [1.165, 1.54) is 0 Å². The minimum absolute atomic E-state index is 0.140. The Balaban J connectivity index is 1.53. The number of benzene rings is 2. The van der Waals surface area contributed by atoms with Gasteiger partial charge in [-0.05, 0) is 38.0 Å². The largest absolute Gasteiger partial charge is 0.477 e. The molecule has 2 aromatic carbocycles. The van der Waals surface area contributed by atoms with Crippen LogP contribution < -0.4 is 15.0 Å². The summed E-state index contributed by atoms with van der Waals surface area (Å²) < 4.78 is 7.65. The van der Waals surface area contributed by atoms with E-state index in [9.17, 15) is 9.59 Å². The zero-order valence-electron chi connectivity index (χ0n) is 18.0. The molecule has 1 N–H and O–H groups in total. The average Bonchev–Trinajstić information content (AvgIpc) is 3.04. The number of anilines is 1. The van der Waals surface area contributed by atoms with Crippen LogP contribution in [0.2, 0.25) is 0 Å². The number of nitrogens with zero attached hydrogens (tertiary/aromatic N) is 3. The van der Waals surface area contributed by atoms with Gasteiger partial charge in [0.1, 0.15) is 5.75 Å². The number of aryl methyl sites for hydroxylation is 2. The molecule has 0 spiro atoms. The Morgan fingerprint density at radius 1 is 1.10 bits per heavy atom.